The average molecular weight is 366 g/mol. The lowest BCUT2D eigenvalue weighted by atomic mass is 10.1. The molecule has 0 spiro atoms. The monoisotopic (exact) mass is 366 g/mol. The first-order valence-electron chi connectivity index (χ1n) is 8.70. The molecule has 0 radical (unpaired) electrons. The first kappa shape index (κ1) is 18.7. The van der Waals surface area contributed by atoms with Crippen molar-refractivity contribution in [2.45, 2.75) is 0 Å². The Kier molecular flexibility index (Phi) is 5.88. The lowest BCUT2D eigenvalue weighted by Crippen LogP contribution is -2.34. The molecule has 0 bridgehead atoms. The largest absolute Gasteiger partial charge is 0.484 e. The molecule has 2 aromatic carbocycles. The summed E-state index contributed by atoms with van der Waals surface area (Å²) in [6.45, 7) is 1.30. The molecule has 1 aliphatic heterocycles. The van der Waals surface area contributed by atoms with E-state index in [0.29, 0.717) is 23.6 Å². The van der Waals surface area contributed by atoms with E-state index >= 15 is 0 Å². The fourth-order valence-electron chi connectivity index (χ4n) is 2.66. The third-order valence-corrected chi connectivity index (χ3v) is 4.02. The highest BCUT2D eigenvalue weighted by Gasteiger charge is 2.25. The number of likely N-dealkylation sites (N-methyl/N-ethyl adjacent to an activating group) is 1. The molecule has 2 aromatic rings. The molecule has 0 saturated carbocycles. The summed E-state index contributed by atoms with van der Waals surface area (Å²) in [5.41, 5.74) is 2.15. The van der Waals surface area contributed by atoms with Crippen LogP contribution in [0, 0.1) is 0 Å². The van der Waals surface area contributed by atoms with Gasteiger partial charge in [0.1, 0.15) is 11.5 Å². The zero-order valence-electron chi connectivity index (χ0n) is 15.4. The Bertz CT molecular complexity index is 874. The summed E-state index contributed by atoms with van der Waals surface area (Å²) in [5.74, 6) is 0.566. The van der Waals surface area contributed by atoms with Crippen molar-refractivity contribution >= 4 is 23.7 Å². The van der Waals surface area contributed by atoms with E-state index in [0.717, 1.165) is 17.7 Å². The van der Waals surface area contributed by atoms with Crippen molar-refractivity contribution in [1.29, 1.82) is 0 Å². The van der Waals surface area contributed by atoms with Gasteiger partial charge in [0.2, 0.25) is 0 Å². The molecule has 0 atom stereocenters. The van der Waals surface area contributed by atoms with Crippen LogP contribution in [0.1, 0.15) is 21.5 Å². The van der Waals surface area contributed by atoms with Crippen molar-refractivity contribution in [1.82, 2.24) is 10.2 Å². The van der Waals surface area contributed by atoms with Gasteiger partial charge in [-0.15, -0.1) is 0 Å². The number of cyclic esters (lactones) is 1. The highest BCUT2D eigenvalue weighted by atomic mass is 16.5. The van der Waals surface area contributed by atoms with Gasteiger partial charge in [-0.25, -0.2) is 4.79 Å². The maximum Gasteiger partial charge on any atom is 0.344 e. The smallest absolute Gasteiger partial charge is 0.344 e. The minimum atomic E-state index is -0.348. The highest BCUT2D eigenvalue weighted by molar-refractivity contribution is 6.05. The summed E-state index contributed by atoms with van der Waals surface area (Å²) in [6.07, 6.45) is 1.79. The third kappa shape index (κ3) is 4.95. The molecule has 0 aliphatic carbocycles. The summed E-state index contributed by atoms with van der Waals surface area (Å²) < 4.78 is 10.9. The highest BCUT2D eigenvalue weighted by Crippen LogP contribution is 2.31. The second kappa shape index (κ2) is 8.51. The number of carbonyl (C=O) groups is 2. The van der Waals surface area contributed by atoms with Crippen molar-refractivity contribution in [3.05, 3.63) is 65.2 Å². The summed E-state index contributed by atoms with van der Waals surface area (Å²) in [6, 6.07) is 14.6. The zero-order valence-corrected chi connectivity index (χ0v) is 15.4. The number of nitrogens with zero attached hydrogens (tertiary/aromatic N) is 1. The lowest BCUT2D eigenvalue weighted by Gasteiger charge is -2.11. The van der Waals surface area contributed by atoms with Gasteiger partial charge >= 0.3 is 5.97 Å². The van der Waals surface area contributed by atoms with Crippen LogP contribution in [0.5, 0.6) is 5.75 Å². The van der Waals surface area contributed by atoms with Crippen LogP contribution in [0.4, 0.5) is 0 Å². The van der Waals surface area contributed by atoms with Gasteiger partial charge in [-0.2, -0.15) is 0 Å². The van der Waals surface area contributed by atoms with Gasteiger partial charge in [-0.05, 0) is 43.9 Å². The number of hydrogen-bond acceptors (Lipinski definition) is 5. The van der Waals surface area contributed by atoms with E-state index in [1.54, 1.807) is 30.3 Å². The maximum absolute atomic E-state index is 11.9. The normalized spacial score (nSPS) is 14.2. The molecule has 1 aliphatic rings. The number of hydrogen-bond donors (Lipinski definition) is 1. The first-order valence-corrected chi connectivity index (χ1v) is 8.70. The number of esters is 1. The Morgan fingerprint density at radius 1 is 1.15 bits per heavy atom. The summed E-state index contributed by atoms with van der Waals surface area (Å²) in [4.78, 5) is 25.7. The molecule has 0 fully saturated rings. The first-order chi connectivity index (χ1) is 13.0. The zero-order chi connectivity index (χ0) is 19.2. The Balaban J connectivity index is 1.63. The van der Waals surface area contributed by atoms with E-state index < -0.39 is 0 Å². The van der Waals surface area contributed by atoms with Crippen LogP contribution in [0.25, 0.3) is 11.8 Å². The van der Waals surface area contributed by atoms with E-state index in [1.165, 1.54) is 0 Å². The average Bonchev–Trinajstić information content (AvgIpc) is 2.96. The summed E-state index contributed by atoms with van der Waals surface area (Å²) >= 11 is 0. The van der Waals surface area contributed by atoms with Gasteiger partial charge in [0.05, 0.1) is 5.56 Å². The Morgan fingerprint density at radius 3 is 2.70 bits per heavy atom. The number of fused-ring (bicyclic) bond motifs is 1. The topological polar surface area (TPSA) is 67.9 Å². The summed E-state index contributed by atoms with van der Waals surface area (Å²) in [7, 11) is 3.89. The molecule has 27 heavy (non-hydrogen) atoms. The van der Waals surface area contributed by atoms with Crippen LogP contribution >= 0.6 is 0 Å². The number of benzene rings is 2. The van der Waals surface area contributed by atoms with E-state index in [2.05, 4.69) is 5.32 Å². The molecule has 140 valence electrons. The summed E-state index contributed by atoms with van der Waals surface area (Å²) in [5, 5.41) is 2.80. The molecule has 0 unspecified atom stereocenters. The Morgan fingerprint density at radius 2 is 1.93 bits per heavy atom. The number of nitrogens with one attached hydrogen (secondary N) is 1. The molecular weight excluding hydrogens is 344 g/mol. The van der Waals surface area contributed by atoms with Crippen molar-refractivity contribution in [3.8, 4) is 5.75 Å². The number of ether oxygens (including phenoxy) is 2. The van der Waals surface area contributed by atoms with Gasteiger partial charge in [0.25, 0.3) is 5.91 Å². The van der Waals surface area contributed by atoms with Crippen LogP contribution in [-0.4, -0.2) is 50.6 Å². The third-order valence-electron chi connectivity index (χ3n) is 4.02. The van der Waals surface area contributed by atoms with Gasteiger partial charge < -0.3 is 19.7 Å². The maximum atomic E-state index is 11.9. The Hall–Kier alpha value is -3.12. The van der Waals surface area contributed by atoms with Crippen molar-refractivity contribution in [2.75, 3.05) is 33.8 Å². The van der Waals surface area contributed by atoms with Crippen molar-refractivity contribution in [2.24, 2.45) is 0 Å². The number of amides is 1. The minimum absolute atomic E-state index is 0.0503. The Labute approximate surface area is 158 Å². The number of rotatable bonds is 7. The minimum Gasteiger partial charge on any atom is -0.484 e. The molecule has 1 amide bonds. The fourth-order valence-corrected chi connectivity index (χ4v) is 2.66. The molecule has 1 heterocycles. The molecule has 0 saturated heterocycles. The van der Waals surface area contributed by atoms with E-state index in [9.17, 15) is 9.59 Å². The van der Waals surface area contributed by atoms with E-state index in [1.807, 2.05) is 43.3 Å². The number of carbonyl (C=O) groups excluding carboxylic acids is 2. The van der Waals surface area contributed by atoms with Gasteiger partial charge in [-0.1, -0.05) is 30.3 Å². The van der Waals surface area contributed by atoms with Gasteiger partial charge in [-0.3, -0.25) is 4.79 Å². The lowest BCUT2D eigenvalue weighted by molar-refractivity contribution is -0.123. The predicted molar refractivity (Wildman–Crippen MR) is 103 cm³/mol. The van der Waals surface area contributed by atoms with Crippen LogP contribution in [-0.2, 0) is 9.53 Å². The molecule has 1 N–H and O–H groups in total. The molecule has 0 aromatic heterocycles. The quantitative estimate of drug-likeness (QED) is 0.762. The second-order valence-electron chi connectivity index (χ2n) is 6.46. The van der Waals surface area contributed by atoms with Crippen LogP contribution < -0.4 is 10.1 Å². The van der Waals surface area contributed by atoms with Crippen LogP contribution in [0.2, 0.25) is 0 Å². The van der Waals surface area contributed by atoms with Crippen molar-refractivity contribution < 1.29 is 19.1 Å². The van der Waals surface area contributed by atoms with Gasteiger partial charge in [0, 0.05) is 18.7 Å². The van der Waals surface area contributed by atoms with Gasteiger partial charge in [0.15, 0.2) is 6.61 Å². The van der Waals surface area contributed by atoms with Crippen LogP contribution in [0.3, 0.4) is 0 Å². The van der Waals surface area contributed by atoms with Crippen molar-refractivity contribution in [3.63, 3.8) is 0 Å². The fraction of sp³-hybridized carbons (Fsp3) is 0.238. The van der Waals surface area contributed by atoms with Crippen LogP contribution in [0.15, 0.2) is 48.5 Å². The second-order valence-corrected chi connectivity index (χ2v) is 6.46. The predicted octanol–water partition coefficient (Wildman–Crippen LogP) is 2.41. The molecule has 6 nitrogen and oxygen atoms in total. The molecule has 6 heteroatoms. The van der Waals surface area contributed by atoms with E-state index in [4.69, 9.17) is 9.47 Å². The SMILES string of the molecule is CN(C)CCNC(=O)COc1cccc(/C=C2\OC(=O)c3ccccc32)c1. The standard InChI is InChI=1S/C21H22N2O4/c1-23(2)11-10-22-20(24)14-26-16-7-5-6-15(12-16)13-19-17-8-3-4-9-18(17)21(25)27-19/h3-9,12-13H,10-11,14H2,1-2H3,(H,22,24)/b19-13-. The molecule has 3 rings (SSSR count). The van der Waals surface area contributed by atoms with E-state index in [-0.39, 0.29) is 18.5 Å². The molecular formula is C21H22N2O4.